The van der Waals surface area contributed by atoms with Gasteiger partial charge >= 0.3 is 6.01 Å². The Morgan fingerprint density at radius 2 is 1.86 bits per heavy atom. The maximum Gasteiger partial charge on any atom is 0.341 e. The molecule has 1 saturated carbocycles. The Morgan fingerprint density at radius 1 is 1.03 bits per heavy atom. The minimum atomic E-state index is -0.189. The lowest BCUT2D eigenvalue weighted by Crippen LogP contribution is -2.50. The van der Waals surface area contributed by atoms with Crippen LogP contribution in [0.4, 0.5) is 5.69 Å². The second kappa shape index (κ2) is 10.8. The number of fused-ring (bicyclic) bond motifs is 1. The average molecular weight is 516 g/mol. The third-order valence-electron chi connectivity index (χ3n) is 7.46. The Morgan fingerprint density at radius 3 is 2.72 bits per heavy atom. The normalized spacial score (nSPS) is 28.6. The molecule has 3 aliphatic heterocycles. The molecule has 4 aliphatic rings. The molecule has 1 aliphatic carbocycles. The highest BCUT2D eigenvalue weighted by Crippen LogP contribution is 2.36. The molecule has 1 aromatic heterocycles. The van der Waals surface area contributed by atoms with E-state index >= 15 is 0 Å². The van der Waals surface area contributed by atoms with Crippen molar-refractivity contribution < 1.29 is 18.9 Å². The minimum Gasteiger partial charge on any atom is -0.423 e. The Balaban J connectivity index is 1.09. The average Bonchev–Trinajstić information content (AvgIpc) is 3.63. The molecule has 0 spiro atoms. The van der Waals surface area contributed by atoms with E-state index in [0.29, 0.717) is 36.1 Å². The van der Waals surface area contributed by atoms with E-state index in [1.807, 2.05) is 18.2 Å². The molecule has 194 valence electrons. The van der Waals surface area contributed by atoms with Crippen molar-refractivity contribution in [2.24, 2.45) is 0 Å². The first-order valence-corrected chi connectivity index (χ1v) is 13.3. The molecule has 4 atom stereocenters. The van der Waals surface area contributed by atoms with Crippen molar-refractivity contribution in [2.75, 3.05) is 44.4 Å². The number of anilines is 1. The van der Waals surface area contributed by atoms with Crippen LogP contribution in [0.2, 0.25) is 0 Å². The van der Waals surface area contributed by atoms with Crippen LogP contribution in [-0.4, -0.2) is 89.1 Å². The number of nitrogens with one attached hydrogen (secondary N) is 2. The number of nitrogens with zero attached hydrogens (tertiary/aromatic N) is 5. The Bertz CT molecular complexity index is 1040. The number of tetrazole rings is 1. The van der Waals surface area contributed by atoms with E-state index < -0.39 is 0 Å². The van der Waals surface area contributed by atoms with Crippen LogP contribution in [0.1, 0.15) is 38.1 Å². The van der Waals surface area contributed by atoms with Crippen LogP contribution in [0.5, 0.6) is 11.8 Å². The first kappa shape index (κ1) is 23.8. The number of benzene rings is 1. The van der Waals surface area contributed by atoms with E-state index in [1.165, 1.54) is 32.1 Å². The summed E-state index contributed by atoms with van der Waals surface area (Å²) in [7, 11) is 0. The van der Waals surface area contributed by atoms with Gasteiger partial charge < -0.3 is 34.5 Å². The molecule has 3 saturated heterocycles. The fourth-order valence-corrected chi connectivity index (χ4v) is 5.90. The van der Waals surface area contributed by atoms with Gasteiger partial charge in [0.05, 0.1) is 32.5 Å². The molecule has 6 rings (SSSR count). The minimum absolute atomic E-state index is 0.0188. The summed E-state index contributed by atoms with van der Waals surface area (Å²) in [4.78, 5) is 2.28. The number of thiocarbonyl (C=S) groups is 1. The summed E-state index contributed by atoms with van der Waals surface area (Å²) in [5, 5.41) is 19.8. The molecule has 0 radical (unpaired) electrons. The third kappa shape index (κ3) is 5.13. The molecular weight excluding hydrogens is 482 g/mol. The maximum absolute atomic E-state index is 6.16. The lowest BCUT2D eigenvalue weighted by atomic mass is 9.96. The van der Waals surface area contributed by atoms with E-state index in [4.69, 9.17) is 31.2 Å². The zero-order valence-electron chi connectivity index (χ0n) is 20.3. The highest BCUT2D eigenvalue weighted by Gasteiger charge is 2.50. The van der Waals surface area contributed by atoms with Gasteiger partial charge in [-0.2, -0.15) is 4.68 Å². The standard InChI is InChI=1S/C24H33N7O4S/c36-23(25-16-5-2-1-3-6-16)26-19-14-33-22-20(15-34-21(19)22)31-24(27-28-29-31)35-18-8-4-7-17(13-18)30-9-11-32-12-10-30/h4,7-8,13,16,19-22H,1-3,5-6,9-12,14-15H2,(H2,25,26,36)/t19-,20+,21-,22+/m0/s1. The number of ether oxygens (including phenoxy) is 4. The van der Waals surface area contributed by atoms with Crippen LogP contribution in [-0.2, 0) is 14.2 Å². The lowest BCUT2D eigenvalue weighted by molar-refractivity contribution is 0.0614. The van der Waals surface area contributed by atoms with Crippen molar-refractivity contribution in [3.63, 3.8) is 0 Å². The van der Waals surface area contributed by atoms with Gasteiger partial charge in [-0.3, -0.25) is 0 Å². The molecule has 4 fully saturated rings. The summed E-state index contributed by atoms with van der Waals surface area (Å²) in [6.45, 7) is 4.12. The number of hydrogen-bond acceptors (Lipinski definition) is 9. The lowest BCUT2D eigenvalue weighted by Gasteiger charge is -2.29. The zero-order valence-corrected chi connectivity index (χ0v) is 21.1. The Kier molecular flexibility index (Phi) is 7.17. The summed E-state index contributed by atoms with van der Waals surface area (Å²) < 4.78 is 25.6. The number of aromatic nitrogens is 4. The van der Waals surface area contributed by atoms with Gasteiger partial charge in [0.1, 0.15) is 24.0 Å². The van der Waals surface area contributed by atoms with Gasteiger partial charge in [-0.15, -0.1) is 0 Å². The van der Waals surface area contributed by atoms with Crippen LogP contribution in [0.25, 0.3) is 0 Å². The van der Waals surface area contributed by atoms with Crippen molar-refractivity contribution >= 4 is 23.0 Å². The highest BCUT2D eigenvalue weighted by atomic mass is 32.1. The van der Waals surface area contributed by atoms with E-state index in [2.05, 4.69) is 37.1 Å². The molecule has 36 heavy (non-hydrogen) atoms. The fraction of sp³-hybridized carbons (Fsp3) is 0.667. The number of hydrogen-bond donors (Lipinski definition) is 2. The number of morpholine rings is 1. The van der Waals surface area contributed by atoms with E-state index in [-0.39, 0.29) is 24.3 Å². The van der Waals surface area contributed by atoms with Gasteiger partial charge in [-0.05, 0) is 47.6 Å². The summed E-state index contributed by atoms with van der Waals surface area (Å²) >= 11 is 5.59. The van der Waals surface area contributed by atoms with E-state index in [9.17, 15) is 0 Å². The van der Waals surface area contributed by atoms with Crippen molar-refractivity contribution in [1.29, 1.82) is 0 Å². The maximum atomic E-state index is 6.16. The van der Waals surface area contributed by atoms with Crippen molar-refractivity contribution in [1.82, 2.24) is 30.8 Å². The zero-order chi connectivity index (χ0) is 24.3. The van der Waals surface area contributed by atoms with Gasteiger partial charge in [-0.25, -0.2) is 0 Å². The van der Waals surface area contributed by atoms with Crippen LogP contribution >= 0.6 is 12.2 Å². The SMILES string of the molecule is S=C(NC1CCCCC1)N[C@H]1CO[C@H]2[C@H]1OC[C@H]2n1nnnc1Oc1cccc(N2CCOCC2)c1. The summed E-state index contributed by atoms with van der Waals surface area (Å²) in [5.41, 5.74) is 1.09. The molecule has 2 aromatic rings. The second-order valence-electron chi connectivity index (χ2n) is 9.83. The topological polar surface area (TPSA) is 108 Å². The van der Waals surface area contributed by atoms with Gasteiger partial charge in [0.2, 0.25) is 0 Å². The van der Waals surface area contributed by atoms with Crippen molar-refractivity contribution in [3.05, 3.63) is 24.3 Å². The van der Waals surface area contributed by atoms with Crippen LogP contribution in [0.3, 0.4) is 0 Å². The van der Waals surface area contributed by atoms with E-state index in [0.717, 1.165) is 32.0 Å². The molecule has 0 unspecified atom stereocenters. The molecule has 12 heteroatoms. The van der Waals surface area contributed by atoms with E-state index in [1.54, 1.807) is 4.68 Å². The van der Waals surface area contributed by atoms with Gasteiger partial charge in [0.25, 0.3) is 0 Å². The first-order valence-electron chi connectivity index (χ1n) is 12.9. The smallest absolute Gasteiger partial charge is 0.341 e. The molecule has 0 bridgehead atoms. The summed E-state index contributed by atoms with van der Waals surface area (Å²) in [5.74, 6) is 0.677. The molecule has 11 nitrogen and oxygen atoms in total. The first-order chi connectivity index (χ1) is 17.7. The third-order valence-corrected chi connectivity index (χ3v) is 7.70. The molecule has 0 amide bonds. The fourth-order valence-electron chi connectivity index (χ4n) is 5.59. The molecule has 1 aromatic carbocycles. The predicted molar refractivity (Wildman–Crippen MR) is 135 cm³/mol. The summed E-state index contributed by atoms with van der Waals surface area (Å²) in [6, 6.07) is 8.53. The number of rotatable bonds is 6. The second-order valence-corrected chi connectivity index (χ2v) is 10.2. The van der Waals surface area contributed by atoms with Crippen LogP contribution in [0.15, 0.2) is 24.3 Å². The monoisotopic (exact) mass is 515 g/mol. The predicted octanol–water partition coefficient (Wildman–Crippen LogP) is 1.81. The van der Waals surface area contributed by atoms with Gasteiger partial charge in [0, 0.05) is 30.9 Å². The Hall–Kier alpha value is -2.54. The Labute approximate surface area is 215 Å². The van der Waals surface area contributed by atoms with Crippen LogP contribution < -0.4 is 20.3 Å². The van der Waals surface area contributed by atoms with Crippen molar-refractivity contribution in [3.8, 4) is 11.8 Å². The largest absolute Gasteiger partial charge is 0.423 e. The summed E-state index contributed by atoms with van der Waals surface area (Å²) in [6.07, 6.45) is 5.85. The van der Waals surface area contributed by atoms with Gasteiger partial charge in [0.15, 0.2) is 5.11 Å². The highest BCUT2D eigenvalue weighted by molar-refractivity contribution is 7.80. The molecular formula is C24H33N7O4S. The van der Waals surface area contributed by atoms with Crippen LogP contribution in [0, 0.1) is 0 Å². The molecule has 4 heterocycles. The quantitative estimate of drug-likeness (QED) is 0.550. The van der Waals surface area contributed by atoms with Crippen molar-refractivity contribution in [2.45, 2.75) is 62.4 Å². The molecule has 2 N–H and O–H groups in total. The van der Waals surface area contributed by atoms with Gasteiger partial charge in [-0.1, -0.05) is 30.4 Å².